The zero-order valence-electron chi connectivity index (χ0n) is 17.2. The van der Waals surface area contributed by atoms with E-state index in [0.717, 1.165) is 35.9 Å². The molecule has 6 nitrogen and oxygen atoms in total. The van der Waals surface area contributed by atoms with Gasteiger partial charge >= 0.3 is 5.97 Å². The van der Waals surface area contributed by atoms with Crippen LogP contribution < -0.4 is 4.43 Å². The van der Waals surface area contributed by atoms with Crippen LogP contribution >= 0.6 is 0 Å². The standard InChI is InChI=1S/C20H30N2O4Si/c1-20(2,3)27(5,6)26-14-10-11-16-15(13-14)18(19(23)24-4)21-22(16)17-9-7-8-12-25-17/h10-11,13,17H,7-9,12H2,1-6H3/t17-/m1/s1. The molecule has 2 aromatic rings. The van der Waals surface area contributed by atoms with E-state index >= 15 is 0 Å². The first-order valence-electron chi connectivity index (χ1n) is 9.55. The van der Waals surface area contributed by atoms with Crippen LogP contribution in [0.5, 0.6) is 5.75 Å². The van der Waals surface area contributed by atoms with Crippen LogP contribution in [0.4, 0.5) is 0 Å². The number of fused-ring (bicyclic) bond motifs is 1. The summed E-state index contributed by atoms with van der Waals surface area (Å²) in [6, 6.07) is 5.84. The summed E-state index contributed by atoms with van der Waals surface area (Å²) in [6.07, 6.45) is 2.89. The summed E-state index contributed by atoms with van der Waals surface area (Å²) in [5.41, 5.74) is 1.17. The van der Waals surface area contributed by atoms with Gasteiger partial charge in [-0.3, -0.25) is 0 Å². The fourth-order valence-corrected chi connectivity index (χ4v) is 4.04. The Morgan fingerprint density at radius 3 is 2.63 bits per heavy atom. The van der Waals surface area contributed by atoms with Gasteiger partial charge in [0.05, 0.1) is 12.6 Å². The summed E-state index contributed by atoms with van der Waals surface area (Å²) >= 11 is 0. The van der Waals surface area contributed by atoms with Crippen molar-refractivity contribution in [1.29, 1.82) is 0 Å². The Kier molecular flexibility index (Phi) is 5.36. The van der Waals surface area contributed by atoms with Gasteiger partial charge in [0.15, 0.2) is 11.9 Å². The number of methoxy groups -OCH3 is 1. The van der Waals surface area contributed by atoms with Gasteiger partial charge in [-0.15, -0.1) is 0 Å². The number of benzene rings is 1. The van der Waals surface area contributed by atoms with Crippen LogP contribution in [-0.4, -0.2) is 37.8 Å². The van der Waals surface area contributed by atoms with E-state index in [1.807, 2.05) is 22.9 Å². The Morgan fingerprint density at radius 2 is 2.04 bits per heavy atom. The van der Waals surface area contributed by atoms with E-state index in [1.54, 1.807) is 0 Å². The van der Waals surface area contributed by atoms with Crippen molar-refractivity contribution in [1.82, 2.24) is 9.78 Å². The quantitative estimate of drug-likeness (QED) is 0.548. The van der Waals surface area contributed by atoms with Gasteiger partial charge in [-0.1, -0.05) is 20.8 Å². The molecule has 1 aromatic carbocycles. The third-order valence-corrected chi connectivity index (χ3v) is 10.0. The first kappa shape index (κ1) is 19.9. The highest BCUT2D eigenvalue weighted by molar-refractivity contribution is 6.74. The molecule has 1 saturated heterocycles. The lowest BCUT2D eigenvalue weighted by Crippen LogP contribution is -2.43. The molecule has 148 valence electrons. The monoisotopic (exact) mass is 390 g/mol. The van der Waals surface area contributed by atoms with Crippen LogP contribution in [0.1, 0.15) is 56.8 Å². The molecule has 3 rings (SSSR count). The second kappa shape index (κ2) is 7.28. The Hall–Kier alpha value is -1.86. The summed E-state index contributed by atoms with van der Waals surface area (Å²) in [6.45, 7) is 11.7. The molecule has 27 heavy (non-hydrogen) atoms. The topological polar surface area (TPSA) is 62.6 Å². The van der Waals surface area contributed by atoms with E-state index in [2.05, 4.69) is 39.0 Å². The van der Waals surface area contributed by atoms with Gasteiger partial charge in [0.25, 0.3) is 0 Å². The SMILES string of the molecule is COC(=O)c1nn([C@H]2CCCCO2)c2ccc(O[Si](C)(C)C(C)(C)C)cc12. The first-order chi connectivity index (χ1) is 12.6. The molecule has 0 bridgehead atoms. The highest BCUT2D eigenvalue weighted by atomic mass is 28.4. The van der Waals surface area contributed by atoms with Crippen LogP contribution in [0.3, 0.4) is 0 Å². The van der Waals surface area contributed by atoms with Gasteiger partial charge in [-0.05, 0) is 55.6 Å². The zero-order valence-corrected chi connectivity index (χ0v) is 18.2. The predicted molar refractivity (Wildman–Crippen MR) is 108 cm³/mol. The second-order valence-corrected chi connectivity index (χ2v) is 13.4. The third-order valence-electron chi connectivity index (χ3n) is 5.66. The summed E-state index contributed by atoms with van der Waals surface area (Å²) in [7, 11) is -0.604. The molecule has 0 radical (unpaired) electrons. The van der Waals surface area contributed by atoms with E-state index in [1.165, 1.54) is 7.11 Å². The Balaban J connectivity index is 2.05. The molecule has 0 N–H and O–H groups in total. The number of esters is 1. The summed E-state index contributed by atoms with van der Waals surface area (Å²) in [5, 5.41) is 5.38. The van der Waals surface area contributed by atoms with E-state index in [9.17, 15) is 4.79 Å². The maximum Gasteiger partial charge on any atom is 0.359 e. The molecule has 1 fully saturated rings. The number of carbonyl (C=O) groups excluding carboxylic acids is 1. The number of rotatable bonds is 4. The maximum absolute atomic E-state index is 12.3. The van der Waals surface area contributed by atoms with E-state index in [0.29, 0.717) is 12.3 Å². The van der Waals surface area contributed by atoms with Gasteiger partial charge < -0.3 is 13.9 Å². The lowest BCUT2D eigenvalue weighted by Gasteiger charge is -2.36. The van der Waals surface area contributed by atoms with Gasteiger partial charge in [0, 0.05) is 12.0 Å². The zero-order chi connectivity index (χ0) is 19.8. The highest BCUT2D eigenvalue weighted by Crippen LogP contribution is 2.38. The van der Waals surface area contributed by atoms with E-state index in [4.69, 9.17) is 13.9 Å². The van der Waals surface area contributed by atoms with Crippen LogP contribution in [0, 0.1) is 0 Å². The molecule has 1 aliphatic rings. The van der Waals surface area contributed by atoms with Crippen molar-refractivity contribution in [3.8, 4) is 5.75 Å². The van der Waals surface area contributed by atoms with Crippen LogP contribution in [-0.2, 0) is 9.47 Å². The Labute approximate surface area is 161 Å². The van der Waals surface area contributed by atoms with Gasteiger partial charge in [0.2, 0.25) is 8.32 Å². The number of nitrogens with zero attached hydrogens (tertiary/aromatic N) is 2. The third kappa shape index (κ3) is 3.89. The molecular weight excluding hydrogens is 360 g/mol. The summed E-state index contributed by atoms with van der Waals surface area (Å²) in [5.74, 6) is 0.322. The van der Waals surface area contributed by atoms with Crippen molar-refractivity contribution in [2.24, 2.45) is 0 Å². The fraction of sp³-hybridized carbons (Fsp3) is 0.600. The van der Waals surface area contributed by atoms with Gasteiger partial charge in [0.1, 0.15) is 5.75 Å². The minimum Gasteiger partial charge on any atom is -0.543 e. The molecule has 0 spiro atoms. The number of carbonyl (C=O) groups is 1. The number of hydrogen-bond acceptors (Lipinski definition) is 5. The molecule has 7 heteroatoms. The average Bonchev–Trinajstić information content (AvgIpc) is 2.99. The number of hydrogen-bond donors (Lipinski definition) is 0. The van der Waals surface area contributed by atoms with Crippen molar-refractivity contribution < 1.29 is 18.7 Å². The van der Waals surface area contributed by atoms with Crippen LogP contribution in [0.2, 0.25) is 18.1 Å². The second-order valence-electron chi connectivity index (χ2n) is 8.65. The Morgan fingerprint density at radius 1 is 1.30 bits per heavy atom. The van der Waals surface area contributed by atoms with Crippen LogP contribution in [0.25, 0.3) is 10.9 Å². The molecule has 0 aliphatic carbocycles. The molecular formula is C20H30N2O4Si. The number of aromatic nitrogens is 2. The highest BCUT2D eigenvalue weighted by Gasteiger charge is 2.39. The van der Waals surface area contributed by atoms with Gasteiger partial charge in [-0.25, -0.2) is 9.48 Å². The van der Waals surface area contributed by atoms with E-state index in [-0.39, 0.29) is 11.3 Å². The van der Waals surface area contributed by atoms with E-state index < -0.39 is 14.3 Å². The van der Waals surface area contributed by atoms with Crippen molar-refractivity contribution in [3.63, 3.8) is 0 Å². The molecule has 1 aliphatic heterocycles. The Bertz CT molecular complexity index is 832. The molecule has 0 amide bonds. The smallest absolute Gasteiger partial charge is 0.359 e. The normalized spacial score (nSPS) is 18.5. The van der Waals surface area contributed by atoms with Crippen molar-refractivity contribution in [2.45, 2.75) is 64.4 Å². The van der Waals surface area contributed by atoms with Crippen LogP contribution in [0.15, 0.2) is 18.2 Å². The molecule has 1 atom stereocenters. The fourth-order valence-electron chi connectivity index (χ4n) is 3.01. The predicted octanol–water partition coefficient (Wildman–Crippen LogP) is 4.91. The van der Waals surface area contributed by atoms with Crippen molar-refractivity contribution >= 4 is 25.2 Å². The lowest BCUT2D eigenvalue weighted by atomic mass is 10.1. The minimum absolute atomic E-state index is 0.0905. The lowest BCUT2D eigenvalue weighted by molar-refractivity contribution is -0.0369. The average molecular weight is 391 g/mol. The van der Waals surface area contributed by atoms with Crippen molar-refractivity contribution in [3.05, 3.63) is 23.9 Å². The first-order valence-corrected chi connectivity index (χ1v) is 12.5. The molecule has 0 unspecified atom stereocenters. The summed E-state index contributed by atoms with van der Waals surface area (Å²) < 4.78 is 19.1. The largest absolute Gasteiger partial charge is 0.543 e. The number of ether oxygens (including phenoxy) is 2. The minimum atomic E-state index is -1.98. The molecule has 0 saturated carbocycles. The van der Waals surface area contributed by atoms with Gasteiger partial charge in [-0.2, -0.15) is 5.10 Å². The maximum atomic E-state index is 12.3. The summed E-state index contributed by atoms with van der Waals surface area (Å²) in [4.78, 5) is 12.3. The van der Waals surface area contributed by atoms with Crippen molar-refractivity contribution in [2.75, 3.05) is 13.7 Å². The molecule has 1 aromatic heterocycles. The molecule has 2 heterocycles.